The van der Waals surface area contributed by atoms with Crippen LogP contribution in [0.4, 0.5) is 14.5 Å². The van der Waals surface area contributed by atoms with E-state index in [1.165, 1.54) is 17.4 Å². The van der Waals surface area contributed by atoms with E-state index >= 15 is 0 Å². The van der Waals surface area contributed by atoms with Gasteiger partial charge in [0.15, 0.2) is 6.61 Å². The van der Waals surface area contributed by atoms with Crippen molar-refractivity contribution in [3.8, 4) is 0 Å². The molecule has 4 nitrogen and oxygen atoms in total. The van der Waals surface area contributed by atoms with E-state index in [9.17, 15) is 18.4 Å². The Morgan fingerprint density at radius 2 is 2.09 bits per heavy atom. The van der Waals surface area contributed by atoms with E-state index in [1.807, 2.05) is 17.5 Å². The van der Waals surface area contributed by atoms with Crippen LogP contribution in [0.3, 0.4) is 0 Å². The van der Waals surface area contributed by atoms with Gasteiger partial charge in [-0.3, -0.25) is 4.79 Å². The van der Waals surface area contributed by atoms with Crippen molar-refractivity contribution in [2.75, 3.05) is 11.9 Å². The van der Waals surface area contributed by atoms with Gasteiger partial charge in [0.05, 0.1) is 5.69 Å². The Labute approximate surface area is 129 Å². The SMILES string of the molecule is O=C(COC(=O)/C=C/c1cccs1)Nc1cc(F)ccc1F. The van der Waals surface area contributed by atoms with Crippen LogP contribution in [0.5, 0.6) is 0 Å². The van der Waals surface area contributed by atoms with Crippen LogP contribution in [-0.4, -0.2) is 18.5 Å². The summed E-state index contributed by atoms with van der Waals surface area (Å²) in [5.41, 5.74) is -0.310. The molecule has 2 rings (SSSR count). The zero-order valence-electron chi connectivity index (χ0n) is 11.2. The second-order valence-electron chi connectivity index (χ2n) is 4.13. The molecule has 0 atom stereocenters. The molecule has 1 heterocycles. The van der Waals surface area contributed by atoms with Crippen LogP contribution in [0.2, 0.25) is 0 Å². The van der Waals surface area contributed by atoms with Crippen molar-refractivity contribution >= 4 is 35.0 Å². The molecule has 1 aromatic heterocycles. The van der Waals surface area contributed by atoms with E-state index < -0.39 is 30.1 Å². The van der Waals surface area contributed by atoms with Crippen molar-refractivity contribution in [1.82, 2.24) is 0 Å². The quantitative estimate of drug-likeness (QED) is 0.679. The number of thiophene rings is 1. The highest BCUT2D eigenvalue weighted by atomic mass is 32.1. The highest BCUT2D eigenvalue weighted by molar-refractivity contribution is 7.10. The summed E-state index contributed by atoms with van der Waals surface area (Å²) < 4.78 is 30.9. The fraction of sp³-hybridized carbons (Fsp3) is 0.0667. The summed E-state index contributed by atoms with van der Waals surface area (Å²) in [6.45, 7) is -0.594. The average molecular weight is 323 g/mol. The number of hydrogen-bond donors (Lipinski definition) is 1. The molecule has 0 aliphatic heterocycles. The number of nitrogens with one attached hydrogen (secondary N) is 1. The van der Waals surface area contributed by atoms with E-state index in [0.717, 1.165) is 23.1 Å². The Hall–Kier alpha value is -2.54. The maximum atomic E-state index is 13.3. The number of halogens is 2. The summed E-state index contributed by atoms with van der Waals surface area (Å²) in [6.07, 6.45) is 2.74. The Morgan fingerprint density at radius 3 is 2.82 bits per heavy atom. The first-order chi connectivity index (χ1) is 10.5. The number of benzene rings is 1. The molecule has 1 amide bonds. The lowest BCUT2D eigenvalue weighted by molar-refractivity contribution is -0.142. The van der Waals surface area contributed by atoms with Crippen molar-refractivity contribution in [3.05, 3.63) is 58.3 Å². The van der Waals surface area contributed by atoms with Crippen molar-refractivity contribution in [1.29, 1.82) is 0 Å². The predicted octanol–water partition coefficient (Wildman–Crippen LogP) is 3.22. The van der Waals surface area contributed by atoms with Gasteiger partial charge in [0.25, 0.3) is 5.91 Å². The van der Waals surface area contributed by atoms with Crippen LogP contribution in [0.15, 0.2) is 41.8 Å². The third-order valence-corrected chi connectivity index (χ3v) is 3.31. The van der Waals surface area contributed by atoms with Crippen LogP contribution >= 0.6 is 11.3 Å². The molecule has 7 heteroatoms. The number of ether oxygens (including phenoxy) is 1. The van der Waals surface area contributed by atoms with Crippen molar-refractivity contribution in [2.24, 2.45) is 0 Å². The first-order valence-electron chi connectivity index (χ1n) is 6.18. The topological polar surface area (TPSA) is 55.4 Å². The predicted molar refractivity (Wildman–Crippen MR) is 79.3 cm³/mol. The van der Waals surface area contributed by atoms with Crippen LogP contribution in [0, 0.1) is 11.6 Å². The molecule has 114 valence electrons. The molecule has 0 saturated carbocycles. The molecular weight excluding hydrogens is 312 g/mol. The van der Waals surface area contributed by atoms with Gasteiger partial charge in [-0.05, 0) is 29.7 Å². The van der Waals surface area contributed by atoms with Gasteiger partial charge in [-0.2, -0.15) is 0 Å². The van der Waals surface area contributed by atoms with E-state index in [2.05, 4.69) is 5.32 Å². The van der Waals surface area contributed by atoms with E-state index in [1.54, 1.807) is 6.08 Å². The van der Waals surface area contributed by atoms with Gasteiger partial charge in [-0.1, -0.05) is 6.07 Å². The van der Waals surface area contributed by atoms with Crippen LogP contribution < -0.4 is 5.32 Å². The molecule has 1 aromatic carbocycles. The second-order valence-corrected chi connectivity index (χ2v) is 5.11. The van der Waals surface area contributed by atoms with E-state index in [-0.39, 0.29) is 5.69 Å². The second kappa shape index (κ2) is 7.46. The lowest BCUT2D eigenvalue weighted by Gasteiger charge is -2.06. The van der Waals surface area contributed by atoms with Crippen molar-refractivity contribution < 1.29 is 23.1 Å². The summed E-state index contributed by atoms with van der Waals surface area (Å²) in [7, 11) is 0. The molecule has 0 spiro atoms. The molecule has 22 heavy (non-hydrogen) atoms. The summed E-state index contributed by atoms with van der Waals surface area (Å²) in [4.78, 5) is 23.8. The number of esters is 1. The van der Waals surface area contributed by atoms with Crippen molar-refractivity contribution in [2.45, 2.75) is 0 Å². The van der Waals surface area contributed by atoms with Gasteiger partial charge >= 0.3 is 5.97 Å². The third kappa shape index (κ3) is 4.78. The fourth-order valence-electron chi connectivity index (χ4n) is 1.50. The fourth-order valence-corrected chi connectivity index (χ4v) is 2.12. The van der Waals surface area contributed by atoms with Crippen LogP contribution in [0.1, 0.15) is 4.88 Å². The van der Waals surface area contributed by atoms with Gasteiger partial charge in [-0.25, -0.2) is 13.6 Å². The van der Waals surface area contributed by atoms with Crippen LogP contribution in [-0.2, 0) is 14.3 Å². The first kappa shape index (κ1) is 15.8. The Morgan fingerprint density at radius 1 is 1.27 bits per heavy atom. The number of anilines is 1. The zero-order chi connectivity index (χ0) is 15.9. The molecular formula is C15H11F2NO3S. The van der Waals surface area contributed by atoms with Gasteiger partial charge in [0.2, 0.25) is 0 Å². The molecule has 0 bridgehead atoms. The molecule has 0 radical (unpaired) electrons. The number of hydrogen-bond acceptors (Lipinski definition) is 4. The van der Waals surface area contributed by atoms with E-state index in [4.69, 9.17) is 4.74 Å². The Bertz CT molecular complexity index is 699. The third-order valence-electron chi connectivity index (χ3n) is 2.47. The van der Waals surface area contributed by atoms with Gasteiger partial charge < -0.3 is 10.1 Å². The van der Waals surface area contributed by atoms with Crippen LogP contribution in [0.25, 0.3) is 6.08 Å². The number of carbonyl (C=O) groups excluding carboxylic acids is 2. The lowest BCUT2D eigenvalue weighted by atomic mass is 10.3. The monoisotopic (exact) mass is 323 g/mol. The standard InChI is InChI=1S/C15H11F2NO3S/c16-10-3-5-12(17)13(8-10)18-14(19)9-21-15(20)6-4-11-2-1-7-22-11/h1-8H,9H2,(H,18,19)/b6-4+. The number of carbonyl (C=O) groups is 2. The molecule has 0 fully saturated rings. The first-order valence-corrected chi connectivity index (χ1v) is 7.06. The molecule has 0 aliphatic rings. The smallest absolute Gasteiger partial charge is 0.331 e. The Balaban J connectivity index is 1.82. The zero-order valence-corrected chi connectivity index (χ0v) is 12.0. The van der Waals surface area contributed by atoms with Gasteiger partial charge in [0.1, 0.15) is 11.6 Å². The number of amides is 1. The average Bonchev–Trinajstić information content (AvgIpc) is 3.00. The molecule has 0 saturated heterocycles. The summed E-state index contributed by atoms with van der Waals surface area (Å²) in [5.74, 6) is -2.93. The molecule has 1 N–H and O–H groups in total. The molecule has 0 aliphatic carbocycles. The largest absolute Gasteiger partial charge is 0.452 e. The van der Waals surface area contributed by atoms with Gasteiger partial charge in [-0.15, -0.1) is 11.3 Å². The van der Waals surface area contributed by atoms with Gasteiger partial charge in [0, 0.05) is 17.0 Å². The molecule has 2 aromatic rings. The van der Waals surface area contributed by atoms with E-state index in [0.29, 0.717) is 0 Å². The minimum Gasteiger partial charge on any atom is -0.452 e. The Kier molecular flexibility index (Phi) is 5.37. The highest BCUT2D eigenvalue weighted by Gasteiger charge is 2.09. The normalized spacial score (nSPS) is 10.6. The highest BCUT2D eigenvalue weighted by Crippen LogP contribution is 2.15. The van der Waals surface area contributed by atoms with Crippen molar-refractivity contribution in [3.63, 3.8) is 0 Å². The summed E-state index contributed by atoms with van der Waals surface area (Å²) in [6, 6.07) is 6.30. The maximum absolute atomic E-state index is 13.3. The summed E-state index contributed by atoms with van der Waals surface area (Å²) >= 11 is 1.44. The minimum absolute atomic E-state index is 0.310. The molecule has 0 unspecified atom stereocenters. The summed E-state index contributed by atoms with van der Waals surface area (Å²) in [5, 5.41) is 3.98. The maximum Gasteiger partial charge on any atom is 0.331 e. The minimum atomic E-state index is -0.779. The number of rotatable bonds is 5. The lowest BCUT2D eigenvalue weighted by Crippen LogP contribution is -2.20.